The second-order valence-electron chi connectivity index (χ2n) is 14.5. The Bertz CT molecular complexity index is 1450. The third-order valence-corrected chi connectivity index (χ3v) is 9.43. The number of benzene rings is 1. The molecular weight excluding hydrogens is 662 g/mol. The van der Waals surface area contributed by atoms with E-state index in [-0.39, 0.29) is 43.5 Å². The molecule has 1 aromatic heterocycles. The van der Waals surface area contributed by atoms with Crippen molar-refractivity contribution < 1.29 is 29.0 Å². The van der Waals surface area contributed by atoms with Crippen molar-refractivity contribution in [3.8, 4) is 0 Å². The number of nitrogens with one attached hydrogen (secondary N) is 1. The molecule has 3 amide bonds. The van der Waals surface area contributed by atoms with Crippen molar-refractivity contribution in [1.82, 2.24) is 30.0 Å². The predicted octanol–water partition coefficient (Wildman–Crippen LogP) is 3.81. The fourth-order valence-electron chi connectivity index (χ4n) is 6.34. The van der Waals surface area contributed by atoms with E-state index in [2.05, 4.69) is 45.9 Å². The molecule has 2 heterocycles. The third-order valence-electron chi connectivity index (χ3n) is 9.18. The molecule has 1 aromatic carbocycles. The summed E-state index contributed by atoms with van der Waals surface area (Å²) in [6.45, 7) is 15.8. The number of anilines is 1. The van der Waals surface area contributed by atoms with Crippen molar-refractivity contribution in [3.05, 3.63) is 52.4 Å². The molecule has 2 aliphatic rings. The summed E-state index contributed by atoms with van der Waals surface area (Å²) < 4.78 is 10.7. The number of nitrogens with zero attached hydrogens (tertiary/aromatic N) is 6. The summed E-state index contributed by atoms with van der Waals surface area (Å²) in [4.78, 5) is 55.8. The van der Waals surface area contributed by atoms with Crippen LogP contribution in [0.3, 0.4) is 0 Å². The number of carbonyl (C=O) groups excluding carboxylic acids is 3. The monoisotopic (exact) mass is 715 g/mol. The van der Waals surface area contributed by atoms with E-state index in [1.54, 1.807) is 32.7 Å². The number of aliphatic hydroxyl groups excluding tert-OH is 1. The van der Waals surface area contributed by atoms with Crippen molar-refractivity contribution in [1.29, 1.82) is 0 Å². The highest BCUT2D eigenvalue weighted by molar-refractivity contribution is 6.30. The molecule has 1 fully saturated rings. The highest BCUT2D eigenvalue weighted by Crippen LogP contribution is 2.42. The fraction of sp³-hybridized carbons (Fsp3) is 0.639. The first-order valence-electron chi connectivity index (χ1n) is 17.5. The van der Waals surface area contributed by atoms with E-state index in [4.69, 9.17) is 21.1 Å². The first-order chi connectivity index (χ1) is 23.6. The standard InChI is InChI=1S/C36H54ClN7O6/c1-24(2)44(14-13-41(7)30(46)22-49-19-12-38-35(48)50-36(4,5)6)21-28(26-8-10-27(37)11-9-26)34(47)43-17-15-42(16-18-43)33-31-25(3)20-29(45)32(31)39-23-40-33/h8-11,23-25,28-29,45H,12-22H2,1-7H3,(H,38,48)/t25-,28-,29-/m1/s1. The van der Waals surface area contributed by atoms with Crippen LogP contribution < -0.4 is 10.2 Å². The van der Waals surface area contributed by atoms with Crippen LogP contribution in [0.25, 0.3) is 0 Å². The highest BCUT2D eigenvalue weighted by Gasteiger charge is 2.35. The van der Waals surface area contributed by atoms with E-state index in [1.165, 1.54) is 6.33 Å². The number of fused-ring (bicyclic) bond motifs is 1. The molecule has 50 heavy (non-hydrogen) atoms. The Labute approximate surface area is 301 Å². The Kier molecular flexibility index (Phi) is 13.8. The molecule has 0 radical (unpaired) electrons. The van der Waals surface area contributed by atoms with Gasteiger partial charge in [-0.15, -0.1) is 0 Å². The maximum Gasteiger partial charge on any atom is 0.407 e. The normalized spacial score (nSPS) is 18.3. The Balaban J connectivity index is 1.34. The minimum absolute atomic E-state index is 0.0483. The van der Waals surface area contributed by atoms with E-state index in [0.717, 1.165) is 16.9 Å². The van der Waals surface area contributed by atoms with Gasteiger partial charge in [-0.25, -0.2) is 14.8 Å². The van der Waals surface area contributed by atoms with Gasteiger partial charge >= 0.3 is 6.09 Å². The molecule has 276 valence electrons. The average molecular weight is 716 g/mol. The largest absolute Gasteiger partial charge is 0.444 e. The topological polar surface area (TPSA) is 141 Å². The van der Waals surface area contributed by atoms with Crippen LogP contribution >= 0.6 is 11.6 Å². The zero-order chi connectivity index (χ0) is 36.6. The first-order valence-corrected chi connectivity index (χ1v) is 17.9. The number of aliphatic hydroxyl groups is 1. The van der Waals surface area contributed by atoms with Crippen LogP contribution in [-0.2, 0) is 19.1 Å². The van der Waals surface area contributed by atoms with Crippen LogP contribution in [0.2, 0.25) is 5.02 Å². The number of amides is 3. The first kappa shape index (κ1) is 39.3. The maximum atomic E-state index is 14.3. The smallest absolute Gasteiger partial charge is 0.407 e. The molecule has 2 N–H and O–H groups in total. The van der Waals surface area contributed by atoms with E-state index >= 15 is 0 Å². The summed E-state index contributed by atoms with van der Waals surface area (Å²) in [5.74, 6) is 0.469. The summed E-state index contributed by atoms with van der Waals surface area (Å²) in [5, 5.41) is 13.7. The van der Waals surface area contributed by atoms with Gasteiger partial charge in [0.25, 0.3) is 0 Å². The quantitative estimate of drug-likeness (QED) is 0.278. The molecule has 13 nitrogen and oxygen atoms in total. The second-order valence-corrected chi connectivity index (χ2v) is 14.9. The second kappa shape index (κ2) is 17.6. The molecule has 0 unspecified atom stereocenters. The lowest BCUT2D eigenvalue weighted by molar-refractivity contribution is -0.136. The van der Waals surface area contributed by atoms with Crippen molar-refractivity contribution in [2.24, 2.45) is 0 Å². The SMILES string of the molecule is CC(C)N(CCN(C)C(=O)COCCNC(=O)OC(C)(C)C)C[C@@H](C(=O)N1CCN(c2ncnc3c2[C@H](C)C[C@H]3O)CC1)c1ccc(Cl)cc1. The van der Waals surface area contributed by atoms with Gasteiger partial charge in [-0.3, -0.25) is 14.5 Å². The van der Waals surface area contributed by atoms with Gasteiger partial charge in [-0.1, -0.05) is 30.7 Å². The number of alkyl carbamates (subject to hydrolysis) is 1. The number of carbonyl (C=O) groups is 3. The number of hydrogen-bond donors (Lipinski definition) is 2. The molecule has 1 saturated heterocycles. The average Bonchev–Trinajstić information content (AvgIpc) is 3.36. The van der Waals surface area contributed by atoms with Crippen LogP contribution in [-0.4, -0.2) is 132 Å². The molecule has 4 rings (SSSR count). The number of piperazine rings is 1. The number of ether oxygens (including phenoxy) is 2. The number of aromatic nitrogens is 2. The molecule has 1 aliphatic heterocycles. The van der Waals surface area contributed by atoms with Crippen LogP contribution in [0.15, 0.2) is 30.6 Å². The molecule has 1 aliphatic carbocycles. The molecule has 0 saturated carbocycles. The summed E-state index contributed by atoms with van der Waals surface area (Å²) >= 11 is 6.23. The summed E-state index contributed by atoms with van der Waals surface area (Å²) in [7, 11) is 1.74. The Morgan fingerprint density at radius 1 is 1.08 bits per heavy atom. The van der Waals surface area contributed by atoms with Gasteiger partial charge in [0.05, 0.1) is 24.3 Å². The maximum absolute atomic E-state index is 14.3. The minimum atomic E-state index is -0.588. The molecule has 14 heteroatoms. The Morgan fingerprint density at radius 2 is 1.76 bits per heavy atom. The van der Waals surface area contributed by atoms with Crippen LogP contribution in [0.4, 0.5) is 10.6 Å². The van der Waals surface area contributed by atoms with Crippen molar-refractivity contribution >= 4 is 35.3 Å². The molecule has 2 aromatic rings. The zero-order valence-corrected chi connectivity index (χ0v) is 31.3. The highest BCUT2D eigenvalue weighted by atomic mass is 35.5. The number of rotatable bonds is 14. The Morgan fingerprint density at radius 3 is 2.40 bits per heavy atom. The molecule has 0 bridgehead atoms. The lowest BCUT2D eigenvalue weighted by Crippen LogP contribution is -2.52. The molecule has 3 atom stereocenters. The summed E-state index contributed by atoms with van der Waals surface area (Å²) in [5.41, 5.74) is 2.03. The lowest BCUT2D eigenvalue weighted by atomic mass is 9.95. The van der Waals surface area contributed by atoms with Gasteiger partial charge in [0, 0.05) is 76.0 Å². The van der Waals surface area contributed by atoms with Crippen molar-refractivity contribution in [3.63, 3.8) is 0 Å². The summed E-state index contributed by atoms with van der Waals surface area (Å²) in [6.07, 6.45) is 1.06. The van der Waals surface area contributed by atoms with Crippen molar-refractivity contribution in [2.45, 2.75) is 77.5 Å². The zero-order valence-electron chi connectivity index (χ0n) is 30.5. The van der Waals surface area contributed by atoms with Crippen LogP contribution in [0.1, 0.15) is 82.7 Å². The van der Waals surface area contributed by atoms with Gasteiger partial charge in [-0.2, -0.15) is 0 Å². The van der Waals surface area contributed by atoms with E-state index in [1.807, 2.05) is 29.2 Å². The minimum Gasteiger partial charge on any atom is -0.444 e. The van der Waals surface area contributed by atoms with Crippen LogP contribution in [0.5, 0.6) is 0 Å². The predicted molar refractivity (Wildman–Crippen MR) is 192 cm³/mol. The third kappa shape index (κ3) is 10.7. The number of hydrogen-bond acceptors (Lipinski definition) is 10. The van der Waals surface area contributed by atoms with E-state index < -0.39 is 23.7 Å². The number of halogens is 1. The van der Waals surface area contributed by atoms with Gasteiger partial charge in [0.2, 0.25) is 11.8 Å². The number of likely N-dealkylation sites (N-methyl/N-ethyl adjacent to an activating group) is 1. The molecular formula is C36H54ClN7O6. The van der Waals surface area contributed by atoms with Crippen LogP contribution in [0, 0.1) is 0 Å². The van der Waals surface area contributed by atoms with E-state index in [9.17, 15) is 19.5 Å². The van der Waals surface area contributed by atoms with Gasteiger partial charge in [0.15, 0.2) is 0 Å². The molecule has 0 spiro atoms. The van der Waals surface area contributed by atoms with Crippen molar-refractivity contribution in [2.75, 3.05) is 77.5 Å². The van der Waals surface area contributed by atoms with Gasteiger partial charge < -0.3 is 34.6 Å². The fourth-order valence-corrected chi connectivity index (χ4v) is 6.47. The van der Waals surface area contributed by atoms with Gasteiger partial charge in [-0.05, 0) is 64.7 Å². The van der Waals surface area contributed by atoms with E-state index in [0.29, 0.717) is 63.0 Å². The Hall–Kier alpha value is -3.52. The van der Waals surface area contributed by atoms with Gasteiger partial charge in [0.1, 0.15) is 24.4 Å². The lowest BCUT2D eigenvalue weighted by Gasteiger charge is -2.39. The summed E-state index contributed by atoms with van der Waals surface area (Å²) in [6, 6.07) is 7.58.